The number of unbranched alkanes of at least 4 members (excludes halogenated alkanes) is 1. The van der Waals surface area contributed by atoms with E-state index in [1.54, 1.807) is 6.07 Å². The Morgan fingerprint density at radius 1 is 0.778 bits per heavy atom. The summed E-state index contributed by atoms with van der Waals surface area (Å²) in [5.74, 6) is -0.887. The molecule has 0 saturated heterocycles. The number of aldehydes is 1. The van der Waals surface area contributed by atoms with Gasteiger partial charge in [0.15, 0.2) is 0 Å². The molecule has 0 spiro atoms. The summed E-state index contributed by atoms with van der Waals surface area (Å²) in [6.07, 6.45) is 3.16. The molecule has 0 fully saturated rings. The van der Waals surface area contributed by atoms with E-state index >= 15 is 0 Å². The third kappa shape index (κ3) is 11.5. The van der Waals surface area contributed by atoms with Crippen LogP contribution in [0.15, 0.2) is 36.4 Å². The Morgan fingerprint density at radius 3 is 1.91 bits per heavy atom. The van der Waals surface area contributed by atoms with Gasteiger partial charge in [-0.05, 0) is 72.7 Å². The molecular formula is C33H42N4O8. The van der Waals surface area contributed by atoms with Crippen LogP contribution in [-0.4, -0.2) is 69.3 Å². The second-order valence-corrected chi connectivity index (χ2v) is 10.8. The van der Waals surface area contributed by atoms with E-state index in [4.69, 9.17) is 9.47 Å². The van der Waals surface area contributed by atoms with Crippen molar-refractivity contribution in [3.05, 3.63) is 47.5 Å². The zero-order chi connectivity index (χ0) is 32.6. The van der Waals surface area contributed by atoms with Crippen LogP contribution in [-0.2, 0) is 33.4 Å². The number of nitrogens with one attached hydrogen (secondary N) is 4. The minimum atomic E-state index is -0.574. The monoisotopic (exact) mass is 622 g/mol. The molecule has 45 heavy (non-hydrogen) atoms. The Balaban J connectivity index is 1.58. The number of anilines is 2. The van der Waals surface area contributed by atoms with Gasteiger partial charge in [-0.2, -0.15) is 0 Å². The van der Waals surface area contributed by atoms with Gasteiger partial charge in [0.2, 0.25) is 17.7 Å². The second kappa shape index (κ2) is 18.3. The maximum absolute atomic E-state index is 12.7. The van der Waals surface area contributed by atoms with E-state index in [0.29, 0.717) is 63.2 Å². The van der Waals surface area contributed by atoms with Crippen LogP contribution in [0.3, 0.4) is 0 Å². The summed E-state index contributed by atoms with van der Waals surface area (Å²) < 4.78 is 10.8. The van der Waals surface area contributed by atoms with Crippen LogP contribution in [0.2, 0.25) is 0 Å². The minimum absolute atomic E-state index is 0.0392. The molecule has 0 saturated carbocycles. The van der Waals surface area contributed by atoms with Crippen molar-refractivity contribution in [3.63, 3.8) is 0 Å². The number of Topliss-reactive ketones (excluding diaryl/α,β-unsaturated/α-hetero) is 1. The number of rotatable bonds is 19. The van der Waals surface area contributed by atoms with Gasteiger partial charge in [0.05, 0.1) is 6.61 Å². The standard InChI is InChI=1S/C33H42N4O8/c1-22(39)7-5-9-31(41)36-23-11-13-25-26-14-12-24(20-28(26)29(27(25)19-23)21-45-33(43)34-2)37-32(42)10-6-8-30(40)35-15-18-44-17-4-3-16-38/h11-14,16,19-20,29H,3-10,15,17-18,21H2,1-2H3,(H,34,43)(H,35,40)(H,36,41)(H,37,42). The first-order chi connectivity index (χ1) is 21.7. The molecule has 4 amide bonds. The first-order valence-corrected chi connectivity index (χ1v) is 15.2. The van der Waals surface area contributed by atoms with Crippen LogP contribution in [0.1, 0.15) is 75.3 Å². The van der Waals surface area contributed by atoms with Crippen LogP contribution in [0.5, 0.6) is 0 Å². The summed E-state index contributed by atoms with van der Waals surface area (Å²) in [6, 6.07) is 11.1. The molecule has 1 aliphatic rings. The molecule has 1 atom stereocenters. The molecule has 12 heteroatoms. The number of hydrogen-bond donors (Lipinski definition) is 4. The number of fused-ring (bicyclic) bond motifs is 3. The summed E-state index contributed by atoms with van der Waals surface area (Å²) in [5, 5.41) is 11.0. The Kier molecular flexibility index (Phi) is 14.2. The molecule has 0 radical (unpaired) electrons. The second-order valence-electron chi connectivity index (χ2n) is 10.8. The summed E-state index contributed by atoms with van der Waals surface area (Å²) in [7, 11) is 1.48. The van der Waals surface area contributed by atoms with Gasteiger partial charge in [-0.1, -0.05) is 12.1 Å². The van der Waals surface area contributed by atoms with Crippen molar-refractivity contribution < 1.29 is 38.2 Å². The fourth-order valence-corrected chi connectivity index (χ4v) is 5.00. The van der Waals surface area contributed by atoms with Crippen LogP contribution < -0.4 is 21.3 Å². The fraction of sp³-hybridized carbons (Fsp3) is 0.455. The van der Waals surface area contributed by atoms with E-state index in [0.717, 1.165) is 28.5 Å². The van der Waals surface area contributed by atoms with E-state index < -0.39 is 6.09 Å². The first kappa shape index (κ1) is 34.9. The third-order valence-electron chi connectivity index (χ3n) is 7.22. The Bertz CT molecular complexity index is 1380. The molecule has 1 unspecified atom stereocenters. The highest BCUT2D eigenvalue weighted by Gasteiger charge is 2.30. The molecule has 0 aromatic heterocycles. The van der Waals surface area contributed by atoms with E-state index in [1.165, 1.54) is 14.0 Å². The average molecular weight is 623 g/mol. The molecule has 1 aliphatic carbocycles. The van der Waals surface area contributed by atoms with Crippen molar-refractivity contribution in [2.75, 3.05) is 44.0 Å². The Hall–Kier alpha value is -4.58. The Labute approximate surface area is 263 Å². The predicted octanol–water partition coefficient (Wildman–Crippen LogP) is 4.07. The van der Waals surface area contributed by atoms with E-state index in [9.17, 15) is 28.8 Å². The SMILES string of the molecule is CNC(=O)OCC1c2cc(NC(=O)CCCC(C)=O)ccc2-c2ccc(NC(=O)CCCC(=O)NCCOCCCC=O)cc21. The largest absolute Gasteiger partial charge is 0.449 e. The number of carbonyl (C=O) groups excluding carboxylic acids is 6. The first-order valence-electron chi connectivity index (χ1n) is 15.2. The van der Waals surface area contributed by atoms with Crippen LogP contribution in [0.25, 0.3) is 11.1 Å². The summed E-state index contributed by atoms with van der Waals surface area (Å²) in [6.45, 7) is 2.74. The maximum atomic E-state index is 12.7. The van der Waals surface area contributed by atoms with Crippen molar-refractivity contribution in [2.45, 2.75) is 64.2 Å². The fourth-order valence-electron chi connectivity index (χ4n) is 5.00. The van der Waals surface area contributed by atoms with E-state index in [1.807, 2.05) is 30.3 Å². The number of alkyl carbamates (subject to hydrolysis) is 1. The number of ether oxygens (including phenoxy) is 2. The van der Waals surface area contributed by atoms with Crippen LogP contribution in [0.4, 0.5) is 16.2 Å². The van der Waals surface area contributed by atoms with E-state index in [-0.39, 0.29) is 55.3 Å². The highest BCUT2D eigenvalue weighted by atomic mass is 16.5. The van der Waals surface area contributed by atoms with Crippen molar-refractivity contribution in [1.29, 1.82) is 0 Å². The van der Waals surface area contributed by atoms with Crippen molar-refractivity contribution >= 4 is 47.3 Å². The quantitative estimate of drug-likeness (QED) is 0.134. The lowest BCUT2D eigenvalue weighted by Crippen LogP contribution is -2.27. The zero-order valence-electron chi connectivity index (χ0n) is 25.9. The number of amides is 4. The van der Waals surface area contributed by atoms with Crippen molar-refractivity contribution in [3.8, 4) is 11.1 Å². The number of hydrogen-bond acceptors (Lipinski definition) is 8. The molecule has 2 aromatic carbocycles. The molecule has 3 rings (SSSR count). The van der Waals surface area contributed by atoms with Gasteiger partial charge >= 0.3 is 6.09 Å². The molecule has 12 nitrogen and oxygen atoms in total. The number of benzene rings is 2. The molecule has 0 aliphatic heterocycles. The predicted molar refractivity (Wildman–Crippen MR) is 169 cm³/mol. The minimum Gasteiger partial charge on any atom is -0.449 e. The van der Waals surface area contributed by atoms with Gasteiger partial charge in [-0.3, -0.25) is 14.4 Å². The normalized spacial score (nSPS) is 12.8. The van der Waals surface area contributed by atoms with Crippen molar-refractivity contribution in [1.82, 2.24) is 10.6 Å². The summed E-state index contributed by atoms with van der Waals surface area (Å²) in [4.78, 5) is 70.6. The molecule has 2 aromatic rings. The maximum Gasteiger partial charge on any atom is 0.406 e. The molecule has 242 valence electrons. The van der Waals surface area contributed by atoms with Gasteiger partial charge in [-0.15, -0.1) is 0 Å². The van der Waals surface area contributed by atoms with Crippen LogP contribution in [0, 0.1) is 0 Å². The van der Waals surface area contributed by atoms with Gasteiger partial charge in [-0.25, -0.2) is 4.79 Å². The highest BCUT2D eigenvalue weighted by molar-refractivity contribution is 5.94. The third-order valence-corrected chi connectivity index (χ3v) is 7.22. The highest BCUT2D eigenvalue weighted by Crippen LogP contribution is 2.46. The molecule has 0 bridgehead atoms. The van der Waals surface area contributed by atoms with Gasteiger partial charge in [0.25, 0.3) is 0 Å². The zero-order valence-corrected chi connectivity index (χ0v) is 25.9. The number of carbonyl (C=O) groups is 6. The van der Waals surface area contributed by atoms with E-state index in [2.05, 4.69) is 21.3 Å². The Morgan fingerprint density at radius 2 is 1.36 bits per heavy atom. The lowest BCUT2D eigenvalue weighted by Gasteiger charge is -2.16. The summed E-state index contributed by atoms with van der Waals surface area (Å²) in [5.41, 5.74) is 4.77. The smallest absolute Gasteiger partial charge is 0.406 e. The molecule has 4 N–H and O–H groups in total. The molecular weight excluding hydrogens is 580 g/mol. The molecule has 0 heterocycles. The lowest BCUT2D eigenvalue weighted by atomic mass is 9.97. The van der Waals surface area contributed by atoms with Crippen LogP contribution >= 0.6 is 0 Å². The summed E-state index contributed by atoms with van der Waals surface area (Å²) >= 11 is 0. The van der Waals surface area contributed by atoms with Gasteiger partial charge in [0, 0.05) is 69.6 Å². The topological polar surface area (TPSA) is 169 Å². The lowest BCUT2D eigenvalue weighted by molar-refractivity contribution is -0.122. The average Bonchev–Trinajstić information content (AvgIpc) is 3.30. The number of ketones is 1. The van der Waals surface area contributed by atoms with Gasteiger partial charge < -0.3 is 40.3 Å². The van der Waals surface area contributed by atoms with Crippen molar-refractivity contribution in [2.24, 2.45) is 0 Å². The van der Waals surface area contributed by atoms with Gasteiger partial charge in [0.1, 0.15) is 18.7 Å².